The molecule has 0 aliphatic heterocycles. The van der Waals surface area contributed by atoms with Gasteiger partial charge in [0.1, 0.15) is 0 Å². The van der Waals surface area contributed by atoms with Crippen LogP contribution in [0.15, 0.2) is 36.9 Å². The highest BCUT2D eigenvalue weighted by atomic mass is 32.2. The largest absolute Gasteiger partial charge is 0.501 e. The molecule has 0 saturated heterocycles. The van der Waals surface area contributed by atoms with E-state index in [2.05, 4.69) is 6.58 Å². The van der Waals surface area contributed by atoms with E-state index in [1.54, 1.807) is 6.07 Å². The van der Waals surface area contributed by atoms with Crippen LogP contribution in [0.4, 0.5) is 13.2 Å². The van der Waals surface area contributed by atoms with E-state index < -0.39 is 20.3 Å². The number of hydrogen-bond donors (Lipinski definition) is 0. The van der Waals surface area contributed by atoms with Gasteiger partial charge in [0.25, 0.3) is 9.84 Å². The fourth-order valence-electron chi connectivity index (χ4n) is 0.919. The van der Waals surface area contributed by atoms with Crippen molar-refractivity contribution in [1.82, 2.24) is 0 Å². The first kappa shape index (κ1) is 11.8. The maximum atomic E-state index is 12.1. The topological polar surface area (TPSA) is 34.1 Å². The molecule has 0 N–H and O–H groups in total. The third kappa shape index (κ3) is 2.20. The predicted molar refractivity (Wildman–Crippen MR) is 50.5 cm³/mol. The summed E-state index contributed by atoms with van der Waals surface area (Å²) in [6.45, 7) is 2.96. The summed E-state index contributed by atoms with van der Waals surface area (Å²) in [6.07, 6.45) is 0. The van der Waals surface area contributed by atoms with Gasteiger partial charge in [0.05, 0.1) is 4.91 Å². The zero-order valence-corrected chi connectivity index (χ0v) is 8.27. The van der Waals surface area contributed by atoms with Gasteiger partial charge < -0.3 is 0 Å². The van der Waals surface area contributed by atoms with Crippen molar-refractivity contribution < 1.29 is 21.6 Å². The fraction of sp³-hybridized carbons (Fsp3) is 0.111. The first-order chi connectivity index (χ1) is 6.77. The lowest BCUT2D eigenvalue weighted by molar-refractivity contribution is -0.0420. The minimum Gasteiger partial charge on any atom is -0.214 e. The van der Waals surface area contributed by atoms with Gasteiger partial charge in [-0.3, -0.25) is 0 Å². The smallest absolute Gasteiger partial charge is 0.214 e. The average molecular weight is 236 g/mol. The minimum absolute atomic E-state index is 0.0603. The lowest BCUT2D eigenvalue weighted by Crippen LogP contribution is -2.23. The van der Waals surface area contributed by atoms with Gasteiger partial charge in [0, 0.05) is 0 Å². The molecule has 0 saturated carbocycles. The molecule has 0 unspecified atom stereocenters. The Morgan fingerprint density at radius 1 is 1.13 bits per heavy atom. The van der Waals surface area contributed by atoms with Crippen molar-refractivity contribution in [3.8, 4) is 0 Å². The molecule has 0 radical (unpaired) electrons. The van der Waals surface area contributed by atoms with Gasteiger partial charge in [-0.25, -0.2) is 8.42 Å². The van der Waals surface area contributed by atoms with E-state index in [1.807, 2.05) is 0 Å². The molecule has 1 rings (SSSR count). The van der Waals surface area contributed by atoms with Gasteiger partial charge >= 0.3 is 5.51 Å². The van der Waals surface area contributed by atoms with Crippen LogP contribution in [0.5, 0.6) is 0 Å². The van der Waals surface area contributed by atoms with Crippen molar-refractivity contribution in [2.75, 3.05) is 0 Å². The van der Waals surface area contributed by atoms with Crippen LogP contribution in [0.25, 0.3) is 4.91 Å². The van der Waals surface area contributed by atoms with E-state index in [9.17, 15) is 21.6 Å². The Hall–Kier alpha value is -1.30. The summed E-state index contributed by atoms with van der Waals surface area (Å²) in [5.41, 5.74) is -5.37. The van der Waals surface area contributed by atoms with Gasteiger partial charge in [0.2, 0.25) is 0 Å². The van der Waals surface area contributed by atoms with E-state index in [0.29, 0.717) is 0 Å². The summed E-state index contributed by atoms with van der Waals surface area (Å²) in [6, 6.07) is 6.95. The quantitative estimate of drug-likeness (QED) is 0.790. The summed E-state index contributed by atoms with van der Waals surface area (Å²) in [4.78, 5) is -0.935. The highest BCUT2D eigenvalue weighted by Crippen LogP contribution is 2.33. The number of alkyl halides is 3. The van der Waals surface area contributed by atoms with E-state index in [0.717, 1.165) is 0 Å². The molecule has 0 aliphatic rings. The normalized spacial score (nSPS) is 12.5. The Labute approximate surface area is 85.0 Å². The van der Waals surface area contributed by atoms with Crippen LogP contribution >= 0.6 is 0 Å². The highest BCUT2D eigenvalue weighted by molar-refractivity contribution is 8.01. The monoisotopic (exact) mass is 236 g/mol. The van der Waals surface area contributed by atoms with Gasteiger partial charge in [0.15, 0.2) is 0 Å². The standard InChI is InChI=1S/C9H7F3O2S/c1-7(8-5-3-2-4-6-8)15(13,14)9(10,11)12/h2-6H,1H2. The van der Waals surface area contributed by atoms with Crippen LogP contribution in [0.1, 0.15) is 5.56 Å². The first-order valence-corrected chi connectivity index (χ1v) is 5.31. The van der Waals surface area contributed by atoms with Crippen molar-refractivity contribution in [2.45, 2.75) is 5.51 Å². The molecular formula is C9H7F3O2S. The second-order valence-electron chi connectivity index (χ2n) is 2.74. The van der Waals surface area contributed by atoms with Crippen LogP contribution in [-0.4, -0.2) is 13.9 Å². The van der Waals surface area contributed by atoms with Crippen molar-refractivity contribution >= 4 is 14.7 Å². The molecule has 1 aromatic carbocycles. The molecule has 2 nitrogen and oxygen atoms in total. The molecule has 0 aromatic heterocycles. The molecular weight excluding hydrogens is 229 g/mol. The zero-order valence-electron chi connectivity index (χ0n) is 7.45. The average Bonchev–Trinajstić information content (AvgIpc) is 2.16. The summed E-state index contributed by atoms with van der Waals surface area (Å²) in [7, 11) is -5.32. The molecule has 0 bridgehead atoms. The molecule has 0 aliphatic carbocycles. The predicted octanol–water partition coefficient (Wildman–Crippen LogP) is 2.59. The minimum atomic E-state index is -5.32. The summed E-state index contributed by atoms with van der Waals surface area (Å²) < 4.78 is 58.2. The molecule has 0 atom stereocenters. The summed E-state index contributed by atoms with van der Waals surface area (Å²) in [5, 5.41) is 0. The number of sulfone groups is 1. The SMILES string of the molecule is C=C(c1ccccc1)S(=O)(=O)C(F)(F)F. The lowest BCUT2D eigenvalue weighted by atomic mass is 10.2. The van der Waals surface area contributed by atoms with Crippen LogP contribution < -0.4 is 0 Å². The molecule has 0 spiro atoms. The molecule has 0 fully saturated rings. The Kier molecular flexibility index (Phi) is 2.90. The third-order valence-electron chi connectivity index (χ3n) is 1.72. The van der Waals surface area contributed by atoms with Crippen LogP contribution in [0, 0.1) is 0 Å². The van der Waals surface area contributed by atoms with Crippen LogP contribution in [0.2, 0.25) is 0 Å². The van der Waals surface area contributed by atoms with Gasteiger partial charge in [-0.05, 0) is 5.56 Å². The fourth-order valence-corrected chi connectivity index (χ4v) is 1.64. The second kappa shape index (κ2) is 3.69. The van der Waals surface area contributed by atoms with Crippen molar-refractivity contribution in [3.63, 3.8) is 0 Å². The number of rotatable bonds is 2. The number of hydrogen-bond acceptors (Lipinski definition) is 2. The van der Waals surface area contributed by atoms with Crippen LogP contribution in [-0.2, 0) is 9.84 Å². The van der Waals surface area contributed by atoms with E-state index in [-0.39, 0.29) is 5.56 Å². The maximum absolute atomic E-state index is 12.1. The number of benzene rings is 1. The van der Waals surface area contributed by atoms with Crippen molar-refractivity contribution in [2.24, 2.45) is 0 Å². The zero-order chi connectivity index (χ0) is 11.7. The van der Waals surface area contributed by atoms with Gasteiger partial charge in [-0.1, -0.05) is 36.9 Å². The van der Waals surface area contributed by atoms with E-state index >= 15 is 0 Å². The van der Waals surface area contributed by atoms with Crippen LogP contribution in [0.3, 0.4) is 0 Å². The Bertz CT molecular complexity index is 460. The van der Waals surface area contributed by atoms with E-state index in [1.165, 1.54) is 24.3 Å². The summed E-state index contributed by atoms with van der Waals surface area (Å²) in [5.74, 6) is 0. The molecule has 82 valence electrons. The molecule has 0 amide bonds. The summed E-state index contributed by atoms with van der Waals surface area (Å²) >= 11 is 0. The molecule has 1 aromatic rings. The lowest BCUT2D eigenvalue weighted by Gasteiger charge is -2.10. The Balaban J connectivity index is 3.19. The Morgan fingerprint density at radius 3 is 2.00 bits per heavy atom. The van der Waals surface area contributed by atoms with Gasteiger partial charge in [-0.15, -0.1) is 0 Å². The first-order valence-electron chi connectivity index (χ1n) is 3.82. The molecule has 6 heteroatoms. The van der Waals surface area contributed by atoms with Gasteiger partial charge in [-0.2, -0.15) is 13.2 Å². The highest BCUT2D eigenvalue weighted by Gasteiger charge is 2.47. The Morgan fingerprint density at radius 2 is 1.60 bits per heavy atom. The maximum Gasteiger partial charge on any atom is 0.501 e. The second-order valence-corrected chi connectivity index (χ2v) is 4.70. The molecule has 0 heterocycles. The third-order valence-corrected chi connectivity index (χ3v) is 3.22. The number of halogens is 3. The van der Waals surface area contributed by atoms with Crippen molar-refractivity contribution in [3.05, 3.63) is 42.5 Å². The van der Waals surface area contributed by atoms with Crippen molar-refractivity contribution in [1.29, 1.82) is 0 Å². The molecule has 15 heavy (non-hydrogen) atoms. The van der Waals surface area contributed by atoms with E-state index in [4.69, 9.17) is 0 Å².